The second kappa shape index (κ2) is 11.7. The summed E-state index contributed by atoms with van der Waals surface area (Å²) in [6, 6.07) is 6.60. The Kier molecular flexibility index (Phi) is 9.34. The van der Waals surface area contributed by atoms with E-state index in [-0.39, 0.29) is 29.8 Å². The van der Waals surface area contributed by atoms with E-state index in [4.69, 9.17) is 0 Å². The molecule has 1 saturated heterocycles. The lowest BCUT2D eigenvalue weighted by molar-refractivity contribution is -0.136. The molecule has 1 heterocycles. The monoisotopic (exact) mass is 430 g/mol. The lowest BCUT2D eigenvalue weighted by Gasteiger charge is -2.41. The Morgan fingerprint density at radius 2 is 1.81 bits per heavy atom. The van der Waals surface area contributed by atoms with Gasteiger partial charge in [-0.3, -0.25) is 9.59 Å². The van der Waals surface area contributed by atoms with Gasteiger partial charge >= 0.3 is 6.03 Å². The number of rotatable bonds is 8. The summed E-state index contributed by atoms with van der Waals surface area (Å²) in [6.07, 6.45) is 2.76. The Morgan fingerprint density at radius 3 is 2.39 bits per heavy atom. The summed E-state index contributed by atoms with van der Waals surface area (Å²) in [5.74, 6) is -0.305. The maximum atomic E-state index is 13.3. The van der Waals surface area contributed by atoms with Crippen LogP contribution in [0.2, 0.25) is 0 Å². The van der Waals surface area contributed by atoms with E-state index in [0.717, 1.165) is 24.8 Å². The fourth-order valence-corrected chi connectivity index (χ4v) is 3.74. The minimum Gasteiger partial charge on any atom is -0.340 e. The zero-order valence-electron chi connectivity index (χ0n) is 19.6. The van der Waals surface area contributed by atoms with Crippen LogP contribution in [-0.2, 0) is 4.79 Å². The summed E-state index contributed by atoms with van der Waals surface area (Å²) < 4.78 is 0. The van der Waals surface area contributed by atoms with Gasteiger partial charge in [-0.1, -0.05) is 51.3 Å². The van der Waals surface area contributed by atoms with Crippen molar-refractivity contribution < 1.29 is 14.4 Å². The average molecular weight is 431 g/mol. The highest BCUT2D eigenvalue weighted by atomic mass is 16.2. The summed E-state index contributed by atoms with van der Waals surface area (Å²) >= 11 is 0. The van der Waals surface area contributed by atoms with E-state index in [1.807, 2.05) is 39.8 Å². The Labute approximate surface area is 186 Å². The predicted octanol–water partition coefficient (Wildman–Crippen LogP) is 3.18. The molecule has 3 atom stereocenters. The van der Waals surface area contributed by atoms with Gasteiger partial charge in [0.1, 0.15) is 6.04 Å². The maximum Gasteiger partial charge on any atom is 0.317 e. The van der Waals surface area contributed by atoms with Gasteiger partial charge in [0.2, 0.25) is 5.91 Å². The molecule has 0 radical (unpaired) electrons. The third-order valence-electron chi connectivity index (χ3n) is 6.09. The number of carbonyl (C=O) groups excluding carboxylic acids is 3. The number of hydrogen-bond acceptors (Lipinski definition) is 3. The molecule has 2 N–H and O–H groups in total. The first-order chi connectivity index (χ1) is 14.8. The lowest BCUT2D eigenvalue weighted by Crippen LogP contribution is -2.61. The van der Waals surface area contributed by atoms with Gasteiger partial charge in [-0.15, -0.1) is 0 Å². The molecule has 0 bridgehead atoms. The van der Waals surface area contributed by atoms with Crippen molar-refractivity contribution >= 4 is 17.8 Å². The van der Waals surface area contributed by atoms with Crippen molar-refractivity contribution in [2.75, 3.05) is 26.2 Å². The Morgan fingerprint density at radius 1 is 1.13 bits per heavy atom. The number of carbonyl (C=O) groups is 3. The normalized spacial score (nSPS) is 18.3. The highest BCUT2D eigenvalue weighted by Gasteiger charge is 2.35. The number of urea groups is 1. The van der Waals surface area contributed by atoms with Crippen molar-refractivity contribution in [2.24, 2.45) is 5.92 Å². The van der Waals surface area contributed by atoms with Crippen molar-refractivity contribution in [3.8, 4) is 0 Å². The topological polar surface area (TPSA) is 81.8 Å². The van der Waals surface area contributed by atoms with Crippen LogP contribution >= 0.6 is 0 Å². The molecule has 1 aromatic carbocycles. The Balaban J connectivity index is 2.02. The van der Waals surface area contributed by atoms with Crippen molar-refractivity contribution in [2.45, 2.75) is 66.0 Å². The van der Waals surface area contributed by atoms with Crippen molar-refractivity contribution in [3.63, 3.8) is 0 Å². The number of aryl methyl sites for hydroxylation is 1. The molecule has 0 saturated carbocycles. The average Bonchev–Trinajstić information content (AvgIpc) is 2.76. The molecule has 172 valence electrons. The molecular formula is C24H38N4O3. The largest absolute Gasteiger partial charge is 0.340 e. The van der Waals surface area contributed by atoms with Crippen LogP contribution in [0.3, 0.4) is 0 Å². The molecule has 1 aromatic rings. The van der Waals surface area contributed by atoms with Crippen molar-refractivity contribution in [1.82, 2.24) is 20.4 Å². The van der Waals surface area contributed by atoms with E-state index in [1.165, 1.54) is 0 Å². The van der Waals surface area contributed by atoms with Gasteiger partial charge in [0.15, 0.2) is 0 Å². The van der Waals surface area contributed by atoms with Crippen molar-refractivity contribution in [3.05, 3.63) is 35.4 Å². The van der Waals surface area contributed by atoms with E-state index in [2.05, 4.69) is 17.6 Å². The fourth-order valence-electron chi connectivity index (χ4n) is 3.74. The number of unbranched alkanes of at least 4 members (excludes halogenated alkanes) is 1. The molecule has 4 amide bonds. The molecule has 2 rings (SSSR count). The third kappa shape index (κ3) is 6.71. The van der Waals surface area contributed by atoms with Crippen LogP contribution in [0.4, 0.5) is 4.79 Å². The summed E-state index contributed by atoms with van der Waals surface area (Å²) in [5, 5.41) is 5.91. The maximum absolute atomic E-state index is 13.3. The zero-order chi connectivity index (χ0) is 23.0. The molecule has 1 fully saturated rings. The molecule has 1 aliphatic rings. The van der Waals surface area contributed by atoms with Crippen LogP contribution in [0.25, 0.3) is 0 Å². The van der Waals surface area contributed by atoms with E-state index < -0.39 is 6.04 Å². The molecule has 7 nitrogen and oxygen atoms in total. The minimum atomic E-state index is -0.587. The van der Waals surface area contributed by atoms with E-state index in [1.54, 1.807) is 21.9 Å². The molecule has 0 aromatic heterocycles. The second-order valence-electron chi connectivity index (χ2n) is 8.61. The van der Waals surface area contributed by atoms with Gasteiger partial charge in [0, 0.05) is 37.8 Å². The van der Waals surface area contributed by atoms with E-state index in [0.29, 0.717) is 31.7 Å². The first-order valence-corrected chi connectivity index (χ1v) is 11.5. The molecule has 3 unspecified atom stereocenters. The highest BCUT2D eigenvalue weighted by molar-refractivity contribution is 5.97. The lowest BCUT2D eigenvalue weighted by atomic mass is 9.96. The number of nitrogens with one attached hydrogen (secondary N) is 2. The molecule has 1 aliphatic heterocycles. The number of amides is 4. The SMILES string of the molecule is CCCCNC(=O)N1CCN(C(=O)C(NC(=O)c2ccc(C)cc2)C(C)CC)CC1C. The van der Waals surface area contributed by atoms with Crippen LogP contribution in [0, 0.1) is 12.8 Å². The zero-order valence-corrected chi connectivity index (χ0v) is 19.6. The minimum absolute atomic E-state index is 0.00702. The Hall–Kier alpha value is -2.57. The highest BCUT2D eigenvalue weighted by Crippen LogP contribution is 2.16. The summed E-state index contributed by atoms with van der Waals surface area (Å²) in [6.45, 7) is 12.1. The molecule has 0 aliphatic carbocycles. The first kappa shape index (κ1) is 24.7. The number of nitrogens with zero attached hydrogens (tertiary/aromatic N) is 2. The molecule has 7 heteroatoms. The standard InChI is InChI=1S/C24H38N4O3/c1-6-8-13-25-24(31)28-15-14-27(16-19(28)5)23(30)21(18(4)7-2)26-22(29)20-11-9-17(3)10-12-20/h9-12,18-19,21H,6-8,13-16H2,1-5H3,(H,25,31)(H,26,29). The molecular weight excluding hydrogens is 392 g/mol. The van der Waals surface area contributed by atoms with Gasteiger partial charge in [-0.05, 0) is 38.3 Å². The van der Waals surface area contributed by atoms with E-state index in [9.17, 15) is 14.4 Å². The van der Waals surface area contributed by atoms with Gasteiger partial charge in [-0.2, -0.15) is 0 Å². The second-order valence-corrected chi connectivity index (χ2v) is 8.61. The number of piperazine rings is 1. The third-order valence-corrected chi connectivity index (χ3v) is 6.09. The van der Waals surface area contributed by atoms with Gasteiger partial charge in [0.05, 0.1) is 0 Å². The number of hydrogen-bond donors (Lipinski definition) is 2. The Bertz CT molecular complexity index is 750. The summed E-state index contributed by atoms with van der Waals surface area (Å²) in [4.78, 5) is 42.1. The predicted molar refractivity (Wildman–Crippen MR) is 123 cm³/mol. The van der Waals surface area contributed by atoms with E-state index >= 15 is 0 Å². The summed E-state index contributed by atoms with van der Waals surface area (Å²) in [7, 11) is 0. The molecule has 31 heavy (non-hydrogen) atoms. The molecule has 0 spiro atoms. The quantitative estimate of drug-likeness (QED) is 0.622. The van der Waals surface area contributed by atoms with Gasteiger partial charge in [0.25, 0.3) is 5.91 Å². The van der Waals surface area contributed by atoms with Gasteiger partial charge < -0.3 is 20.4 Å². The van der Waals surface area contributed by atoms with Crippen LogP contribution in [-0.4, -0.2) is 65.9 Å². The van der Waals surface area contributed by atoms with Gasteiger partial charge in [-0.25, -0.2) is 4.79 Å². The number of benzene rings is 1. The van der Waals surface area contributed by atoms with Crippen LogP contribution in [0.5, 0.6) is 0 Å². The smallest absolute Gasteiger partial charge is 0.317 e. The van der Waals surface area contributed by atoms with Crippen molar-refractivity contribution in [1.29, 1.82) is 0 Å². The van der Waals surface area contributed by atoms with Crippen LogP contribution < -0.4 is 10.6 Å². The first-order valence-electron chi connectivity index (χ1n) is 11.5. The van der Waals surface area contributed by atoms with Crippen LogP contribution in [0.1, 0.15) is 62.9 Å². The van der Waals surface area contributed by atoms with Crippen LogP contribution in [0.15, 0.2) is 24.3 Å². The summed E-state index contributed by atoms with van der Waals surface area (Å²) in [5.41, 5.74) is 1.63. The fraction of sp³-hybridized carbons (Fsp3) is 0.625.